The summed E-state index contributed by atoms with van der Waals surface area (Å²) < 4.78 is 2.27. The van der Waals surface area contributed by atoms with Crippen LogP contribution in [0.1, 0.15) is 0 Å². The van der Waals surface area contributed by atoms with Crippen LogP contribution in [0.5, 0.6) is 0 Å². The van der Waals surface area contributed by atoms with E-state index in [2.05, 4.69) is 156 Å². The Kier molecular flexibility index (Phi) is 5.82. The highest BCUT2D eigenvalue weighted by molar-refractivity contribution is 6.24. The predicted octanol–water partition coefficient (Wildman–Crippen LogP) is 10.9. The lowest BCUT2D eigenvalue weighted by molar-refractivity contribution is 1.01. The molecule has 0 aliphatic rings. The van der Waals surface area contributed by atoms with Gasteiger partial charge in [0.15, 0.2) is 0 Å². The van der Waals surface area contributed by atoms with Crippen molar-refractivity contribution in [3.8, 4) is 39.5 Å². The number of para-hydroxylation sites is 1. The van der Waals surface area contributed by atoms with Crippen LogP contribution in [0.2, 0.25) is 0 Å². The molecular weight excluding hydrogens is 546 g/mol. The van der Waals surface area contributed by atoms with Crippen LogP contribution in [0.4, 0.5) is 0 Å². The maximum Gasteiger partial charge on any atom is 0.235 e. The molecule has 2 heterocycles. The SMILES string of the molecule is c1ccc(-c2ccc3c4c5ccccc5c(-c5ccccc5)cc4n(-c4nc(-c5ccccc5)c5ccccc5n4)c3c2)cc1. The summed E-state index contributed by atoms with van der Waals surface area (Å²) in [5.41, 5.74) is 9.78. The normalized spacial score (nSPS) is 11.6. The van der Waals surface area contributed by atoms with Crippen molar-refractivity contribution >= 4 is 43.5 Å². The molecule has 0 aliphatic heterocycles. The maximum atomic E-state index is 5.35. The van der Waals surface area contributed by atoms with Gasteiger partial charge in [-0.3, -0.25) is 4.57 Å². The van der Waals surface area contributed by atoms with E-state index in [1.807, 2.05) is 12.1 Å². The molecule has 9 rings (SSSR count). The van der Waals surface area contributed by atoms with Crippen molar-refractivity contribution in [3.63, 3.8) is 0 Å². The van der Waals surface area contributed by atoms with E-state index in [1.165, 1.54) is 38.2 Å². The highest BCUT2D eigenvalue weighted by Crippen LogP contribution is 2.42. The van der Waals surface area contributed by atoms with Gasteiger partial charge in [0, 0.05) is 21.7 Å². The van der Waals surface area contributed by atoms with Crippen molar-refractivity contribution in [2.24, 2.45) is 0 Å². The van der Waals surface area contributed by atoms with E-state index in [0.29, 0.717) is 5.95 Å². The van der Waals surface area contributed by atoms with Crippen molar-refractivity contribution in [1.82, 2.24) is 14.5 Å². The number of hydrogen-bond donors (Lipinski definition) is 0. The van der Waals surface area contributed by atoms with Crippen molar-refractivity contribution in [3.05, 3.63) is 164 Å². The lowest BCUT2D eigenvalue weighted by Gasteiger charge is -2.13. The summed E-state index contributed by atoms with van der Waals surface area (Å²) in [6.07, 6.45) is 0. The number of benzene rings is 7. The van der Waals surface area contributed by atoms with Crippen molar-refractivity contribution in [1.29, 1.82) is 0 Å². The second-order valence-corrected chi connectivity index (χ2v) is 11.4. The molecule has 3 nitrogen and oxygen atoms in total. The molecule has 0 fully saturated rings. The summed E-state index contributed by atoms with van der Waals surface area (Å²) in [5.74, 6) is 0.659. The summed E-state index contributed by atoms with van der Waals surface area (Å²) >= 11 is 0. The summed E-state index contributed by atoms with van der Waals surface area (Å²) in [6, 6.07) is 57.8. The second-order valence-electron chi connectivity index (χ2n) is 11.4. The summed E-state index contributed by atoms with van der Waals surface area (Å²) in [7, 11) is 0. The zero-order valence-corrected chi connectivity index (χ0v) is 24.4. The van der Waals surface area contributed by atoms with Gasteiger partial charge in [-0.2, -0.15) is 0 Å². The first-order valence-electron chi connectivity index (χ1n) is 15.3. The molecule has 0 bridgehead atoms. The third-order valence-corrected chi connectivity index (χ3v) is 8.80. The van der Waals surface area contributed by atoms with E-state index in [9.17, 15) is 0 Å². The highest BCUT2D eigenvalue weighted by Gasteiger charge is 2.21. The first-order chi connectivity index (χ1) is 22.3. The summed E-state index contributed by atoms with van der Waals surface area (Å²) in [4.78, 5) is 10.6. The van der Waals surface area contributed by atoms with Gasteiger partial charge >= 0.3 is 0 Å². The Balaban J connectivity index is 1.46. The van der Waals surface area contributed by atoms with Gasteiger partial charge < -0.3 is 0 Å². The molecule has 0 unspecified atom stereocenters. The molecule has 0 N–H and O–H groups in total. The molecule has 7 aromatic carbocycles. The van der Waals surface area contributed by atoms with E-state index in [4.69, 9.17) is 9.97 Å². The van der Waals surface area contributed by atoms with Gasteiger partial charge in [0.1, 0.15) is 0 Å². The van der Waals surface area contributed by atoms with Gasteiger partial charge in [-0.1, -0.05) is 146 Å². The third-order valence-electron chi connectivity index (χ3n) is 8.80. The topological polar surface area (TPSA) is 30.7 Å². The standard InChI is InChI=1S/C42H27N3/c1-4-14-28(15-5-1)31-24-25-35-38(26-31)45(42-43-37-23-13-12-22-34(37)41(44-42)30-18-8-3-9-19-30)39-27-36(29-16-6-2-7-17-29)32-20-10-11-21-33(32)40(35)39/h1-27H. The van der Waals surface area contributed by atoms with Crippen molar-refractivity contribution in [2.45, 2.75) is 0 Å². The van der Waals surface area contributed by atoms with Crippen LogP contribution in [0.25, 0.3) is 82.9 Å². The Labute approximate surface area is 260 Å². The fourth-order valence-electron chi connectivity index (χ4n) is 6.74. The lowest BCUT2D eigenvalue weighted by atomic mass is 9.94. The van der Waals surface area contributed by atoms with E-state index in [-0.39, 0.29) is 0 Å². The zero-order valence-electron chi connectivity index (χ0n) is 24.4. The summed E-state index contributed by atoms with van der Waals surface area (Å²) in [5, 5.41) is 5.87. The molecule has 45 heavy (non-hydrogen) atoms. The maximum absolute atomic E-state index is 5.35. The highest BCUT2D eigenvalue weighted by atomic mass is 15.2. The van der Waals surface area contributed by atoms with Gasteiger partial charge in [-0.25, -0.2) is 9.97 Å². The Bertz CT molecular complexity index is 2510. The molecule has 0 radical (unpaired) electrons. The fraction of sp³-hybridized carbons (Fsp3) is 0. The average molecular weight is 574 g/mol. The summed E-state index contributed by atoms with van der Waals surface area (Å²) in [6.45, 7) is 0. The number of nitrogens with zero attached hydrogens (tertiary/aromatic N) is 3. The smallest absolute Gasteiger partial charge is 0.235 e. The molecule has 0 aliphatic carbocycles. The minimum atomic E-state index is 0.659. The largest absolute Gasteiger partial charge is 0.278 e. The van der Waals surface area contributed by atoms with E-state index in [1.54, 1.807) is 0 Å². The van der Waals surface area contributed by atoms with Gasteiger partial charge in [0.2, 0.25) is 5.95 Å². The first kappa shape index (κ1) is 25.4. The molecule has 0 saturated carbocycles. The van der Waals surface area contributed by atoms with Crippen LogP contribution in [-0.2, 0) is 0 Å². The first-order valence-corrected chi connectivity index (χ1v) is 15.3. The minimum absolute atomic E-state index is 0.659. The van der Waals surface area contributed by atoms with E-state index < -0.39 is 0 Å². The number of fused-ring (bicyclic) bond motifs is 6. The molecule has 0 saturated heterocycles. The Morgan fingerprint density at radius 3 is 1.71 bits per heavy atom. The Morgan fingerprint density at radius 1 is 0.378 bits per heavy atom. The zero-order chi connectivity index (χ0) is 29.7. The van der Waals surface area contributed by atoms with Crippen LogP contribution in [0.3, 0.4) is 0 Å². The average Bonchev–Trinajstić information content (AvgIpc) is 3.45. The van der Waals surface area contributed by atoms with Gasteiger partial charge in [-0.05, 0) is 51.2 Å². The van der Waals surface area contributed by atoms with Gasteiger partial charge in [0.25, 0.3) is 0 Å². The number of hydrogen-bond acceptors (Lipinski definition) is 2. The Hall–Kier alpha value is -6.06. The lowest BCUT2D eigenvalue weighted by Crippen LogP contribution is -2.03. The molecule has 210 valence electrons. The van der Waals surface area contributed by atoms with Crippen molar-refractivity contribution < 1.29 is 0 Å². The van der Waals surface area contributed by atoms with Crippen LogP contribution in [-0.4, -0.2) is 14.5 Å². The molecule has 3 heteroatoms. The van der Waals surface area contributed by atoms with Crippen LogP contribution < -0.4 is 0 Å². The van der Waals surface area contributed by atoms with Crippen LogP contribution in [0, 0.1) is 0 Å². The monoisotopic (exact) mass is 573 g/mol. The van der Waals surface area contributed by atoms with E-state index in [0.717, 1.165) is 38.8 Å². The Morgan fingerprint density at radius 2 is 0.978 bits per heavy atom. The second kappa shape index (κ2) is 10.3. The molecule has 0 amide bonds. The molecule has 2 aromatic heterocycles. The number of aromatic nitrogens is 3. The van der Waals surface area contributed by atoms with E-state index >= 15 is 0 Å². The fourth-order valence-corrected chi connectivity index (χ4v) is 6.74. The number of rotatable bonds is 4. The third kappa shape index (κ3) is 4.13. The minimum Gasteiger partial charge on any atom is -0.278 e. The molecular formula is C42H27N3. The van der Waals surface area contributed by atoms with Crippen LogP contribution >= 0.6 is 0 Å². The quantitative estimate of drug-likeness (QED) is 0.210. The van der Waals surface area contributed by atoms with Crippen LogP contribution in [0.15, 0.2) is 164 Å². The molecule has 0 spiro atoms. The molecule has 0 atom stereocenters. The van der Waals surface area contributed by atoms with Gasteiger partial charge in [-0.15, -0.1) is 0 Å². The predicted molar refractivity (Wildman–Crippen MR) is 188 cm³/mol. The van der Waals surface area contributed by atoms with Crippen molar-refractivity contribution in [2.75, 3.05) is 0 Å². The van der Waals surface area contributed by atoms with Gasteiger partial charge in [0.05, 0.1) is 22.2 Å². The molecule has 9 aromatic rings.